The lowest BCUT2D eigenvalue weighted by molar-refractivity contribution is -0.142. The maximum absolute atomic E-state index is 13.0. The van der Waals surface area contributed by atoms with Crippen molar-refractivity contribution in [3.8, 4) is 0 Å². The van der Waals surface area contributed by atoms with Gasteiger partial charge in [-0.2, -0.15) is 8.42 Å². The molecule has 1 aromatic heterocycles. The van der Waals surface area contributed by atoms with Crippen molar-refractivity contribution in [2.75, 3.05) is 13.4 Å². The number of aryl methyl sites for hydroxylation is 2. The van der Waals surface area contributed by atoms with Crippen molar-refractivity contribution in [2.24, 2.45) is 0 Å². The van der Waals surface area contributed by atoms with Gasteiger partial charge in [-0.15, -0.1) is 0 Å². The zero-order chi connectivity index (χ0) is 20.5. The molecule has 1 fully saturated rings. The Morgan fingerprint density at radius 1 is 1.25 bits per heavy atom. The van der Waals surface area contributed by atoms with Gasteiger partial charge in [-0.25, -0.2) is 4.79 Å². The molecule has 0 amide bonds. The maximum atomic E-state index is 13.0. The summed E-state index contributed by atoms with van der Waals surface area (Å²) in [5.74, 6) is -0.709. The average Bonchev–Trinajstić information content (AvgIpc) is 2.65. The molecule has 0 unspecified atom stereocenters. The molecule has 6 nitrogen and oxygen atoms in total. The third kappa shape index (κ3) is 4.05. The number of methoxy groups -OCH3 is 1. The quantitative estimate of drug-likeness (QED) is 0.709. The minimum Gasteiger partial charge on any atom is -0.381 e. The highest BCUT2D eigenvalue weighted by Crippen LogP contribution is 2.42. The summed E-state index contributed by atoms with van der Waals surface area (Å²) in [7, 11) is -2.23. The number of ether oxygens (including phenoxy) is 1. The third-order valence-electron chi connectivity index (χ3n) is 5.78. The molecule has 1 aliphatic carbocycles. The molecule has 0 saturated heterocycles. The van der Waals surface area contributed by atoms with Crippen LogP contribution in [0.2, 0.25) is 0 Å². The van der Waals surface area contributed by atoms with Gasteiger partial charge in [0.1, 0.15) is 0 Å². The van der Waals surface area contributed by atoms with Gasteiger partial charge in [-0.1, -0.05) is 13.0 Å². The Hall–Kier alpha value is -1.99. The standard InChI is InChI=1S/C21H27NO5S/c1-5-15-12-16-13-17(6-7-19(16)22-14(15)2)21(20(23)27-28(4,24)25)10-8-18(26-3)9-11-21/h6-7,12-13,18H,5,8-11H2,1-4H3. The van der Waals surface area contributed by atoms with Crippen molar-refractivity contribution in [3.05, 3.63) is 41.1 Å². The molecule has 0 bridgehead atoms. The molecule has 2 aromatic rings. The van der Waals surface area contributed by atoms with Crippen LogP contribution < -0.4 is 0 Å². The van der Waals surface area contributed by atoms with E-state index in [0.717, 1.165) is 40.4 Å². The van der Waals surface area contributed by atoms with Gasteiger partial charge in [-0.3, -0.25) is 4.98 Å². The van der Waals surface area contributed by atoms with Gasteiger partial charge in [-0.05, 0) is 68.4 Å². The highest BCUT2D eigenvalue weighted by atomic mass is 32.2. The molecule has 0 N–H and O–H groups in total. The van der Waals surface area contributed by atoms with Crippen molar-refractivity contribution >= 4 is 27.0 Å². The van der Waals surface area contributed by atoms with E-state index < -0.39 is 21.5 Å². The molecular formula is C21H27NO5S. The van der Waals surface area contributed by atoms with E-state index in [4.69, 9.17) is 8.92 Å². The second-order valence-corrected chi connectivity index (χ2v) is 9.16. The Bertz CT molecular complexity index is 991. The van der Waals surface area contributed by atoms with Crippen LogP contribution >= 0.6 is 0 Å². The lowest BCUT2D eigenvalue weighted by Gasteiger charge is -2.37. The minimum atomic E-state index is -3.89. The Balaban J connectivity index is 2.09. The van der Waals surface area contributed by atoms with Gasteiger partial charge in [0.15, 0.2) is 0 Å². The number of aromatic nitrogens is 1. The fourth-order valence-electron chi connectivity index (χ4n) is 4.12. The first-order chi connectivity index (χ1) is 13.2. The van der Waals surface area contributed by atoms with Crippen LogP contribution in [0.25, 0.3) is 10.9 Å². The number of hydrogen-bond donors (Lipinski definition) is 0. The average molecular weight is 406 g/mol. The molecule has 0 aliphatic heterocycles. The van der Waals surface area contributed by atoms with E-state index in [0.29, 0.717) is 25.7 Å². The largest absolute Gasteiger partial charge is 0.381 e. The monoisotopic (exact) mass is 405 g/mol. The fourth-order valence-corrected chi connectivity index (χ4v) is 4.55. The molecule has 0 spiro atoms. The molecule has 0 atom stereocenters. The van der Waals surface area contributed by atoms with E-state index in [1.54, 1.807) is 7.11 Å². The molecule has 1 saturated carbocycles. The Morgan fingerprint density at radius 3 is 2.50 bits per heavy atom. The third-order valence-corrected chi connectivity index (χ3v) is 6.24. The highest BCUT2D eigenvalue weighted by Gasteiger charge is 2.46. The van der Waals surface area contributed by atoms with Crippen LogP contribution in [0, 0.1) is 6.92 Å². The predicted octanol–water partition coefficient (Wildman–Crippen LogP) is 3.44. The van der Waals surface area contributed by atoms with Crippen molar-refractivity contribution in [3.63, 3.8) is 0 Å². The molecule has 152 valence electrons. The SMILES string of the molecule is CCc1cc2cc(C3(C(=O)OS(C)(=O)=O)CCC(OC)CC3)ccc2nc1C. The zero-order valence-corrected chi connectivity index (χ0v) is 17.6. The van der Waals surface area contributed by atoms with Gasteiger partial charge in [0.2, 0.25) is 0 Å². The van der Waals surface area contributed by atoms with E-state index >= 15 is 0 Å². The summed E-state index contributed by atoms with van der Waals surface area (Å²) in [6, 6.07) is 7.82. The van der Waals surface area contributed by atoms with E-state index in [1.165, 1.54) is 0 Å². The molecule has 1 aliphatic rings. The zero-order valence-electron chi connectivity index (χ0n) is 16.8. The molecule has 1 aromatic carbocycles. The van der Waals surface area contributed by atoms with Crippen LogP contribution in [0.5, 0.6) is 0 Å². The summed E-state index contributed by atoms with van der Waals surface area (Å²) in [5, 5.41) is 0.945. The lowest BCUT2D eigenvalue weighted by atomic mass is 9.68. The molecule has 0 radical (unpaired) electrons. The Labute approximate surface area is 166 Å². The van der Waals surface area contributed by atoms with Gasteiger partial charge in [0.05, 0.1) is 23.3 Å². The second kappa shape index (κ2) is 7.79. The first-order valence-corrected chi connectivity index (χ1v) is 11.4. The number of carbonyl (C=O) groups is 1. The Morgan fingerprint density at radius 2 is 1.93 bits per heavy atom. The number of nitrogens with zero attached hydrogens (tertiary/aromatic N) is 1. The summed E-state index contributed by atoms with van der Waals surface area (Å²) in [6.45, 7) is 4.07. The molecule has 28 heavy (non-hydrogen) atoms. The summed E-state index contributed by atoms with van der Waals surface area (Å²) in [6.07, 6.45) is 4.13. The van der Waals surface area contributed by atoms with Crippen molar-refractivity contribution in [1.29, 1.82) is 0 Å². The number of carbonyl (C=O) groups excluding carboxylic acids is 1. The van der Waals surface area contributed by atoms with Crippen LogP contribution in [-0.2, 0) is 35.7 Å². The predicted molar refractivity (Wildman–Crippen MR) is 108 cm³/mol. The Kier molecular flexibility index (Phi) is 5.77. The number of pyridine rings is 1. The number of hydrogen-bond acceptors (Lipinski definition) is 6. The smallest absolute Gasteiger partial charge is 0.332 e. The fraction of sp³-hybridized carbons (Fsp3) is 0.524. The molecular weight excluding hydrogens is 378 g/mol. The lowest BCUT2D eigenvalue weighted by Crippen LogP contribution is -2.43. The first kappa shape index (κ1) is 20.7. The van der Waals surface area contributed by atoms with Crippen LogP contribution in [0.15, 0.2) is 24.3 Å². The van der Waals surface area contributed by atoms with Crippen LogP contribution in [0.4, 0.5) is 0 Å². The van der Waals surface area contributed by atoms with E-state index in [2.05, 4.69) is 18.0 Å². The summed E-state index contributed by atoms with van der Waals surface area (Å²) < 4.78 is 33.6. The van der Waals surface area contributed by atoms with Crippen molar-refractivity contribution in [2.45, 2.75) is 57.5 Å². The van der Waals surface area contributed by atoms with Crippen LogP contribution in [-0.4, -0.2) is 38.8 Å². The first-order valence-electron chi connectivity index (χ1n) is 9.56. The van der Waals surface area contributed by atoms with Crippen molar-refractivity contribution < 1.29 is 22.1 Å². The number of benzene rings is 1. The summed E-state index contributed by atoms with van der Waals surface area (Å²) in [5.41, 5.74) is 2.78. The van der Waals surface area contributed by atoms with Gasteiger partial charge >= 0.3 is 16.1 Å². The maximum Gasteiger partial charge on any atom is 0.332 e. The minimum absolute atomic E-state index is 0.0654. The normalized spacial score (nSPS) is 22.9. The molecule has 3 rings (SSSR count). The van der Waals surface area contributed by atoms with E-state index in [1.807, 2.05) is 25.1 Å². The summed E-state index contributed by atoms with van der Waals surface area (Å²) >= 11 is 0. The van der Waals surface area contributed by atoms with Crippen LogP contribution in [0.3, 0.4) is 0 Å². The topological polar surface area (TPSA) is 82.6 Å². The number of fused-ring (bicyclic) bond motifs is 1. The molecule has 7 heteroatoms. The number of rotatable bonds is 5. The van der Waals surface area contributed by atoms with Crippen molar-refractivity contribution in [1.82, 2.24) is 4.98 Å². The summed E-state index contributed by atoms with van der Waals surface area (Å²) in [4.78, 5) is 17.6. The highest BCUT2D eigenvalue weighted by molar-refractivity contribution is 7.86. The van der Waals surface area contributed by atoms with Gasteiger partial charge in [0.25, 0.3) is 0 Å². The van der Waals surface area contributed by atoms with E-state index in [-0.39, 0.29) is 6.10 Å². The molecule has 1 heterocycles. The van der Waals surface area contributed by atoms with Gasteiger partial charge < -0.3 is 8.92 Å². The van der Waals surface area contributed by atoms with E-state index in [9.17, 15) is 13.2 Å². The second-order valence-electron chi connectivity index (χ2n) is 7.59. The van der Waals surface area contributed by atoms with Gasteiger partial charge in [0, 0.05) is 18.2 Å². The van der Waals surface area contributed by atoms with Crippen LogP contribution in [0.1, 0.15) is 49.4 Å².